The number of hydrogen-bond acceptors (Lipinski definition) is 0. The van der Waals surface area contributed by atoms with Crippen molar-refractivity contribution in [2.45, 2.75) is 13.3 Å². The third-order valence-corrected chi connectivity index (χ3v) is 2.06. The summed E-state index contributed by atoms with van der Waals surface area (Å²) in [6, 6.07) is 8.19. The lowest BCUT2D eigenvalue weighted by molar-refractivity contribution is 1.45. The van der Waals surface area contributed by atoms with Crippen molar-refractivity contribution in [1.82, 2.24) is 0 Å². The van der Waals surface area contributed by atoms with Crippen LogP contribution in [0, 0.1) is 6.92 Å². The highest BCUT2D eigenvalue weighted by Gasteiger charge is 1.86. The first-order chi connectivity index (χ1) is 6.84. The van der Waals surface area contributed by atoms with Crippen molar-refractivity contribution in [1.29, 1.82) is 0 Å². The van der Waals surface area contributed by atoms with Crippen LogP contribution in [0.15, 0.2) is 55.1 Å². The Morgan fingerprint density at radius 2 is 1.79 bits per heavy atom. The van der Waals surface area contributed by atoms with Gasteiger partial charge in [0.1, 0.15) is 0 Å². The van der Waals surface area contributed by atoms with E-state index in [-0.39, 0.29) is 0 Å². The van der Waals surface area contributed by atoms with E-state index in [1.165, 1.54) is 11.1 Å². The molecule has 0 aromatic heterocycles. The van der Waals surface area contributed by atoms with Crippen molar-refractivity contribution in [3.8, 4) is 0 Å². The van der Waals surface area contributed by atoms with Crippen molar-refractivity contribution in [2.24, 2.45) is 0 Å². The van der Waals surface area contributed by atoms with Crippen LogP contribution in [-0.4, -0.2) is 0 Å². The molecule has 0 unspecified atom stereocenters. The monoisotopic (exact) mass is 184 g/mol. The second-order valence-electron chi connectivity index (χ2n) is 3.15. The Balaban J connectivity index is 0.000000165. The van der Waals surface area contributed by atoms with E-state index in [4.69, 9.17) is 0 Å². The summed E-state index contributed by atoms with van der Waals surface area (Å²) in [5, 5.41) is 0. The minimum Gasteiger partial charge on any atom is -0.0985 e. The fourth-order valence-corrected chi connectivity index (χ4v) is 1.21. The molecule has 0 amide bonds. The first-order valence-electron chi connectivity index (χ1n) is 4.84. The molecule has 0 heterocycles. The highest BCUT2D eigenvalue weighted by molar-refractivity contribution is 5.50. The maximum Gasteiger partial charge on any atom is -0.0163 e. The van der Waals surface area contributed by atoms with Gasteiger partial charge >= 0.3 is 0 Å². The Morgan fingerprint density at radius 1 is 1.14 bits per heavy atom. The van der Waals surface area contributed by atoms with Gasteiger partial charge in [0, 0.05) is 0 Å². The molecular formula is C14H16. The van der Waals surface area contributed by atoms with Crippen molar-refractivity contribution < 1.29 is 0 Å². The maximum absolute atomic E-state index is 3.69. The topological polar surface area (TPSA) is 0 Å². The lowest BCUT2D eigenvalue weighted by Gasteiger charge is -1.95. The first kappa shape index (κ1) is 10.5. The number of benzene rings is 1. The normalized spacial score (nSPS) is 12.1. The fourth-order valence-electron chi connectivity index (χ4n) is 1.21. The molecule has 0 spiro atoms. The lowest BCUT2D eigenvalue weighted by atomic mass is 10.1. The molecule has 0 bridgehead atoms. The fraction of sp³-hybridized carbons (Fsp3) is 0.143. The summed E-state index contributed by atoms with van der Waals surface area (Å²) in [6.07, 6.45) is 11.4. The molecule has 0 heteroatoms. The van der Waals surface area contributed by atoms with Gasteiger partial charge in [0.05, 0.1) is 0 Å². The molecule has 0 saturated carbocycles. The van der Waals surface area contributed by atoms with Crippen LogP contribution < -0.4 is 0 Å². The average Bonchev–Trinajstić information content (AvgIpc) is 2.76. The highest BCUT2D eigenvalue weighted by Crippen LogP contribution is 2.06. The van der Waals surface area contributed by atoms with Gasteiger partial charge in [-0.15, -0.1) is 0 Å². The SMILES string of the molecule is C1=CCC=C1.C=Cc1ccccc1C. The Hall–Kier alpha value is -1.56. The molecule has 0 atom stereocenters. The second kappa shape index (κ2) is 5.98. The Morgan fingerprint density at radius 3 is 2.14 bits per heavy atom. The van der Waals surface area contributed by atoms with E-state index < -0.39 is 0 Å². The van der Waals surface area contributed by atoms with Crippen LogP contribution in [0.4, 0.5) is 0 Å². The largest absolute Gasteiger partial charge is 0.0985 e. The summed E-state index contributed by atoms with van der Waals surface area (Å²) < 4.78 is 0. The van der Waals surface area contributed by atoms with E-state index in [1.807, 2.05) is 18.2 Å². The van der Waals surface area contributed by atoms with Crippen LogP contribution in [0.3, 0.4) is 0 Å². The molecule has 0 nitrogen and oxygen atoms in total. The summed E-state index contributed by atoms with van der Waals surface area (Å²) in [5.74, 6) is 0. The molecule has 0 fully saturated rings. The Labute approximate surface area is 86.3 Å². The van der Waals surface area contributed by atoms with Crippen LogP contribution >= 0.6 is 0 Å². The lowest BCUT2D eigenvalue weighted by Crippen LogP contribution is -1.75. The summed E-state index contributed by atoms with van der Waals surface area (Å²) in [5.41, 5.74) is 2.50. The molecule has 0 saturated heterocycles. The zero-order valence-electron chi connectivity index (χ0n) is 8.61. The minimum atomic E-state index is 1.14. The smallest absolute Gasteiger partial charge is 0.0163 e. The van der Waals surface area contributed by atoms with Gasteiger partial charge in [-0.2, -0.15) is 0 Å². The molecule has 0 N–H and O–H groups in total. The maximum atomic E-state index is 3.69. The third-order valence-electron chi connectivity index (χ3n) is 2.06. The number of aryl methyl sites for hydroxylation is 1. The highest BCUT2D eigenvalue weighted by atomic mass is 13.9. The van der Waals surface area contributed by atoms with Gasteiger partial charge in [0.2, 0.25) is 0 Å². The van der Waals surface area contributed by atoms with Gasteiger partial charge < -0.3 is 0 Å². The van der Waals surface area contributed by atoms with Crippen molar-refractivity contribution in [3.63, 3.8) is 0 Å². The number of hydrogen-bond donors (Lipinski definition) is 0. The molecule has 1 aromatic rings. The van der Waals surface area contributed by atoms with Gasteiger partial charge in [-0.1, -0.05) is 61.2 Å². The second-order valence-corrected chi connectivity index (χ2v) is 3.15. The van der Waals surface area contributed by atoms with E-state index in [0.717, 1.165) is 6.42 Å². The average molecular weight is 184 g/mol. The van der Waals surface area contributed by atoms with E-state index in [0.29, 0.717) is 0 Å². The van der Waals surface area contributed by atoms with Gasteiger partial charge in [-0.3, -0.25) is 0 Å². The Bertz CT molecular complexity index is 333. The molecule has 1 aromatic carbocycles. The van der Waals surface area contributed by atoms with Crippen molar-refractivity contribution in [3.05, 3.63) is 66.3 Å². The first-order valence-corrected chi connectivity index (χ1v) is 4.84. The standard InChI is InChI=1S/C9H10.C5H6/c1-3-9-7-5-4-6-8(9)2;1-2-4-5-3-1/h3-7H,1H2,2H3;1-4H,5H2. The van der Waals surface area contributed by atoms with Gasteiger partial charge in [0.15, 0.2) is 0 Å². The van der Waals surface area contributed by atoms with Crippen LogP contribution in [0.2, 0.25) is 0 Å². The molecule has 72 valence electrons. The van der Waals surface area contributed by atoms with Crippen LogP contribution in [0.5, 0.6) is 0 Å². The number of allylic oxidation sites excluding steroid dienone is 4. The predicted octanol–water partition coefficient (Wildman–Crippen LogP) is 4.14. The van der Waals surface area contributed by atoms with Gasteiger partial charge in [-0.05, 0) is 24.5 Å². The summed E-state index contributed by atoms with van der Waals surface area (Å²) in [7, 11) is 0. The minimum absolute atomic E-state index is 1.14. The molecular weight excluding hydrogens is 168 g/mol. The zero-order chi connectivity index (χ0) is 10.2. The molecule has 1 aliphatic carbocycles. The molecule has 2 rings (SSSR count). The van der Waals surface area contributed by atoms with E-state index in [9.17, 15) is 0 Å². The molecule has 14 heavy (non-hydrogen) atoms. The van der Waals surface area contributed by atoms with E-state index in [2.05, 4.69) is 49.9 Å². The number of rotatable bonds is 1. The molecule has 1 aliphatic rings. The van der Waals surface area contributed by atoms with Gasteiger partial charge in [-0.25, -0.2) is 0 Å². The summed E-state index contributed by atoms with van der Waals surface area (Å²) in [6.45, 7) is 5.77. The third kappa shape index (κ3) is 3.44. The van der Waals surface area contributed by atoms with Crippen molar-refractivity contribution in [2.75, 3.05) is 0 Å². The zero-order valence-corrected chi connectivity index (χ0v) is 8.61. The predicted molar refractivity (Wildman–Crippen MR) is 64.2 cm³/mol. The summed E-state index contributed by atoms with van der Waals surface area (Å²) >= 11 is 0. The van der Waals surface area contributed by atoms with E-state index >= 15 is 0 Å². The Kier molecular flexibility index (Phi) is 4.49. The molecule has 0 aliphatic heterocycles. The van der Waals surface area contributed by atoms with Crippen LogP contribution in [0.1, 0.15) is 17.5 Å². The van der Waals surface area contributed by atoms with E-state index in [1.54, 1.807) is 0 Å². The van der Waals surface area contributed by atoms with Crippen molar-refractivity contribution >= 4 is 6.08 Å². The quantitative estimate of drug-likeness (QED) is 0.615. The van der Waals surface area contributed by atoms with Crippen LogP contribution in [0.25, 0.3) is 6.08 Å². The molecule has 0 radical (unpaired) electrons. The summed E-state index contributed by atoms with van der Waals surface area (Å²) in [4.78, 5) is 0. The van der Waals surface area contributed by atoms with Gasteiger partial charge in [0.25, 0.3) is 0 Å². The van der Waals surface area contributed by atoms with Crippen LogP contribution in [-0.2, 0) is 0 Å².